The zero-order chi connectivity index (χ0) is 21.5. The molecule has 2 N–H and O–H groups in total. The second-order valence-corrected chi connectivity index (χ2v) is 7.72. The molecule has 4 rings (SSSR count). The summed E-state index contributed by atoms with van der Waals surface area (Å²) in [7, 11) is 0. The molecule has 0 unspecified atom stereocenters. The molecule has 0 spiro atoms. The Morgan fingerprint density at radius 1 is 1.23 bits per heavy atom. The normalized spacial score (nSPS) is 18.2. The van der Waals surface area contributed by atoms with Crippen molar-refractivity contribution in [3.05, 3.63) is 48.0 Å². The number of aromatic nitrogens is 3. The Kier molecular flexibility index (Phi) is 5.19. The molecule has 6 nitrogen and oxygen atoms in total. The van der Waals surface area contributed by atoms with Gasteiger partial charge >= 0.3 is 0 Å². The standard InChI is InChI=1S/C22H22F2N4O2/c1-3-4-19(29)18-5-12(2)15(11-26-18)13-6-14-10-27-20(7-17(14)25-9-13)28-21(30)16-8-22(16,23)24/h5-7,9-11,16,19,29H,3-4,8H2,1-2H3,(H,27,28,30)/t16-,19+/m1/s1. The molecule has 3 heterocycles. The Hall–Kier alpha value is -3.00. The van der Waals surface area contributed by atoms with Crippen molar-refractivity contribution in [1.82, 2.24) is 15.0 Å². The number of alkyl halides is 2. The van der Waals surface area contributed by atoms with Gasteiger partial charge in [-0.1, -0.05) is 13.3 Å². The molecule has 0 aromatic carbocycles. The van der Waals surface area contributed by atoms with Gasteiger partial charge in [-0.25, -0.2) is 13.8 Å². The second-order valence-electron chi connectivity index (χ2n) is 7.72. The summed E-state index contributed by atoms with van der Waals surface area (Å²) in [6.45, 7) is 3.96. The largest absolute Gasteiger partial charge is 0.387 e. The van der Waals surface area contributed by atoms with Crippen LogP contribution in [-0.2, 0) is 4.79 Å². The molecule has 1 aliphatic carbocycles. The molecule has 3 aromatic rings. The number of hydrogen-bond acceptors (Lipinski definition) is 5. The minimum absolute atomic E-state index is 0.197. The van der Waals surface area contributed by atoms with E-state index in [1.54, 1.807) is 24.7 Å². The van der Waals surface area contributed by atoms with Crippen LogP contribution in [0.5, 0.6) is 0 Å². The van der Waals surface area contributed by atoms with Crippen LogP contribution < -0.4 is 5.32 Å². The fraction of sp³-hybridized carbons (Fsp3) is 0.364. The van der Waals surface area contributed by atoms with Crippen LogP contribution in [0.25, 0.3) is 22.0 Å². The lowest BCUT2D eigenvalue weighted by Crippen LogP contribution is -2.18. The highest BCUT2D eigenvalue weighted by molar-refractivity contribution is 5.96. The molecule has 0 bridgehead atoms. The predicted molar refractivity (Wildman–Crippen MR) is 109 cm³/mol. The van der Waals surface area contributed by atoms with Crippen molar-refractivity contribution >= 4 is 22.6 Å². The smallest absolute Gasteiger partial charge is 0.260 e. The maximum atomic E-state index is 13.0. The van der Waals surface area contributed by atoms with Gasteiger partial charge in [-0.2, -0.15) is 0 Å². The number of aliphatic hydroxyl groups is 1. The van der Waals surface area contributed by atoms with Gasteiger partial charge in [-0.15, -0.1) is 0 Å². The molecule has 0 radical (unpaired) electrons. The number of rotatable bonds is 6. The van der Waals surface area contributed by atoms with E-state index < -0.39 is 30.3 Å². The first kappa shape index (κ1) is 20.3. The topological polar surface area (TPSA) is 88.0 Å². The number of aliphatic hydroxyl groups excluding tert-OH is 1. The first-order chi connectivity index (χ1) is 14.3. The number of anilines is 1. The molecule has 30 heavy (non-hydrogen) atoms. The monoisotopic (exact) mass is 412 g/mol. The van der Waals surface area contributed by atoms with Crippen LogP contribution in [0.2, 0.25) is 0 Å². The average Bonchev–Trinajstić information content (AvgIpc) is 3.36. The van der Waals surface area contributed by atoms with E-state index in [1.807, 2.05) is 26.0 Å². The van der Waals surface area contributed by atoms with Crippen LogP contribution in [0, 0.1) is 12.8 Å². The van der Waals surface area contributed by atoms with E-state index >= 15 is 0 Å². The maximum absolute atomic E-state index is 13.0. The van der Waals surface area contributed by atoms with Crippen LogP contribution in [0.3, 0.4) is 0 Å². The summed E-state index contributed by atoms with van der Waals surface area (Å²) in [5.41, 5.74) is 3.95. The third-order valence-corrected chi connectivity index (χ3v) is 5.31. The van der Waals surface area contributed by atoms with E-state index in [4.69, 9.17) is 0 Å². The summed E-state index contributed by atoms with van der Waals surface area (Å²) >= 11 is 0. The number of hydrogen-bond donors (Lipinski definition) is 2. The van der Waals surface area contributed by atoms with Gasteiger partial charge in [0.25, 0.3) is 5.92 Å². The molecule has 156 valence electrons. The van der Waals surface area contributed by atoms with E-state index in [0.29, 0.717) is 17.6 Å². The van der Waals surface area contributed by atoms with E-state index in [0.717, 1.165) is 28.5 Å². The first-order valence-electron chi connectivity index (χ1n) is 9.88. The van der Waals surface area contributed by atoms with Crippen molar-refractivity contribution in [2.75, 3.05) is 5.32 Å². The summed E-state index contributed by atoms with van der Waals surface area (Å²) in [6, 6.07) is 5.35. The van der Waals surface area contributed by atoms with Crippen molar-refractivity contribution in [2.24, 2.45) is 5.92 Å². The molecule has 0 aliphatic heterocycles. The van der Waals surface area contributed by atoms with Crippen molar-refractivity contribution in [3.8, 4) is 11.1 Å². The molecule has 1 saturated carbocycles. The Bertz CT molecular complexity index is 1120. The van der Waals surface area contributed by atoms with E-state index in [2.05, 4.69) is 20.3 Å². The number of carbonyl (C=O) groups excluding carboxylic acids is 1. The summed E-state index contributed by atoms with van der Waals surface area (Å²) in [5, 5.41) is 13.3. The number of pyridine rings is 3. The minimum Gasteiger partial charge on any atom is -0.387 e. The fourth-order valence-electron chi connectivity index (χ4n) is 3.43. The molecule has 1 aliphatic rings. The zero-order valence-corrected chi connectivity index (χ0v) is 16.7. The Morgan fingerprint density at radius 2 is 2.00 bits per heavy atom. The Balaban J connectivity index is 1.56. The van der Waals surface area contributed by atoms with E-state index in [-0.39, 0.29) is 5.82 Å². The maximum Gasteiger partial charge on any atom is 0.260 e. The average molecular weight is 412 g/mol. The number of amides is 1. The molecule has 0 saturated heterocycles. The van der Waals surface area contributed by atoms with Gasteiger partial charge in [0.2, 0.25) is 5.91 Å². The van der Waals surface area contributed by atoms with Crippen LogP contribution >= 0.6 is 0 Å². The lowest BCUT2D eigenvalue weighted by atomic mass is 10.0. The molecule has 3 aromatic heterocycles. The van der Waals surface area contributed by atoms with Gasteiger partial charge in [0, 0.05) is 47.6 Å². The van der Waals surface area contributed by atoms with Crippen molar-refractivity contribution in [2.45, 2.75) is 45.1 Å². The molecule has 8 heteroatoms. The molecule has 2 atom stereocenters. The number of halogens is 2. The quantitative estimate of drug-likeness (QED) is 0.625. The number of nitrogens with zero attached hydrogens (tertiary/aromatic N) is 3. The second kappa shape index (κ2) is 7.68. The van der Waals surface area contributed by atoms with Gasteiger partial charge in [0.1, 0.15) is 11.7 Å². The Labute approximate surface area is 172 Å². The molecule has 1 fully saturated rings. The third-order valence-electron chi connectivity index (χ3n) is 5.31. The fourth-order valence-corrected chi connectivity index (χ4v) is 3.43. The highest BCUT2D eigenvalue weighted by Gasteiger charge is 2.61. The summed E-state index contributed by atoms with van der Waals surface area (Å²) in [5.74, 6) is -4.72. The summed E-state index contributed by atoms with van der Waals surface area (Å²) in [6.07, 6.45) is 5.50. The molecular weight excluding hydrogens is 390 g/mol. The number of carbonyl (C=O) groups is 1. The van der Waals surface area contributed by atoms with Gasteiger partial charge in [0.05, 0.1) is 17.3 Å². The van der Waals surface area contributed by atoms with Crippen LogP contribution in [0.15, 0.2) is 36.8 Å². The number of nitrogens with one attached hydrogen (secondary N) is 1. The van der Waals surface area contributed by atoms with Crippen LogP contribution in [0.1, 0.15) is 43.5 Å². The van der Waals surface area contributed by atoms with Crippen LogP contribution in [-0.4, -0.2) is 31.9 Å². The molecule has 1 amide bonds. The van der Waals surface area contributed by atoms with Gasteiger partial charge in [-0.05, 0) is 31.0 Å². The van der Waals surface area contributed by atoms with Crippen LogP contribution in [0.4, 0.5) is 14.6 Å². The third kappa shape index (κ3) is 4.00. The van der Waals surface area contributed by atoms with Gasteiger partial charge in [-0.3, -0.25) is 14.8 Å². The van der Waals surface area contributed by atoms with E-state index in [9.17, 15) is 18.7 Å². The predicted octanol–water partition coefficient (Wildman–Crippen LogP) is 4.43. The van der Waals surface area contributed by atoms with Gasteiger partial charge < -0.3 is 10.4 Å². The first-order valence-corrected chi connectivity index (χ1v) is 9.88. The van der Waals surface area contributed by atoms with Crippen molar-refractivity contribution < 1.29 is 18.7 Å². The number of fused-ring (bicyclic) bond motifs is 1. The highest BCUT2D eigenvalue weighted by atomic mass is 19.3. The Morgan fingerprint density at radius 3 is 2.67 bits per heavy atom. The zero-order valence-electron chi connectivity index (χ0n) is 16.7. The SMILES string of the molecule is CCC[C@H](O)c1cc(C)c(-c2cnc3cc(NC(=O)[C@H]4CC4(F)F)ncc3c2)cn1. The lowest BCUT2D eigenvalue weighted by molar-refractivity contribution is -0.119. The van der Waals surface area contributed by atoms with E-state index in [1.165, 1.54) is 0 Å². The minimum atomic E-state index is -2.91. The molecular formula is C22H22F2N4O2. The number of aryl methyl sites for hydroxylation is 1. The highest BCUT2D eigenvalue weighted by Crippen LogP contribution is 2.49. The van der Waals surface area contributed by atoms with Crippen molar-refractivity contribution in [1.29, 1.82) is 0 Å². The summed E-state index contributed by atoms with van der Waals surface area (Å²) < 4.78 is 26.1. The van der Waals surface area contributed by atoms with Gasteiger partial charge in [0.15, 0.2) is 0 Å². The lowest BCUT2D eigenvalue weighted by Gasteiger charge is -2.12. The van der Waals surface area contributed by atoms with Crippen molar-refractivity contribution in [3.63, 3.8) is 0 Å². The summed E-state index contributed by atoms with van der Waals surface area (Å²) in [4.78, 5) is 24.8.